The summed E-state index contributed by atoms with van der Waals surface area (Å²) < 4.78 is 13.9. The first kappa shape index (κ1) is 13.1. The summed E-state index contributed by atoms with van der Waals surface area (Å²) >= 11 is 0. The highest BCUT2D eigenvalue weighted by Crippen LogP contribution is 2.44. The van der Waals surface area contributed by atoms with Crippen molar-refractivity contribution >= 4 is 0 Å². The fraction of sp³-hybridized carbons (Fsp3) is 0.625. The normalized spacial score (nSPS) is 27.9. The number of benzene rings is 1. The molecule has 2 aliphatic rings. The summed E-state index contributed by atoms with van der Waals surface area (Å²) in [7, 11) is 2.01. The monoisotopic (exact) mass is 262 g/mol. The molecule has 1 N–H and O–H groups in total. The molecule has 2 fully saturated rings. The third-order valence-electron chi connectivity index (χ3n) is 4.58. The van der Waals surface area contributed by atoms with Gasteiger partial charge in [0, 0.05) is 12.1 Å². The van der Waals surface area contributed by atoms with Gasteiger partial charge in [-0.25, -0.2) is 4.39 Å². The lowest BCUT2D eigenvalue weighted by Crippen LogP contribution is -2.30. The number of nitrogens with zero attached hydrogens (tertiary/aromatic N) is 1. The molecule has 3 rings (SSSR count). The summed E-state index contributed by atoms with van der Waals surface area (Å²) in [5, 5.41) is 3.29. The Morgan fingerprint density at radius 1 is 1.32 bits per heavy atom. The molecule has 19 heavy (non-hydrogen) atoms. The number of aryl methyl sites for hydroxylation is 1. The van der Waals surface area contributed by atoms with Gasteiger partial charge in [0.2, 0.25) is 0 Å². The molecule has 0 spiro atoms. The zero-order valence-electron chi connectivity index (χ0n) is 11.8. The maximum absolute atomic E-state index is 13.9. The van der Waals surface area contributed by atoms with E-state index in [-0.39, 0.29) is 5.82 Å². The second kappa shape index (κ2) is 5.22. The number of hydrogen-bond donors (Lipinski definition) is 1. The van der Waals surface area contributed by atoms with E-state index in [1.54, 1.807) is 6.07 Å². The summed E-state index contributed by atoms with van der Waals surface area (Å²) in [6, 6.07) is 6.94. The first-order valence-corrected chi connectivity index (χ1v) is 7.37. The van der Waals surface area contributed by atoms with Gasteiger partial charge in [-0.05, 0) is 69.4 Å². The zero-order valence-corrected chi connectivity index (χ0v) is 11.8. The van der Waals surface area contributed by atoms with Gasteiger partial charge in [-0.15, -0.1) is 0 Å². The third kappa shape index (κ3) is 2.54. The average Bonchev–Trinajstić information content (AvgIpc) is 3.15. The molecule has 1 saturated heterocycles. The van der Waals surface area contributed by atoms with Gasteiger partial charge >= 0.3 is 0 Å². The lowest BCUT2D eigenvalue weighted by molar-refractivity contribution is 0.217. The number of hydrogen-bond acceptors (Lipinski definition) is 2. The van der Waals surface area contributed by atoms with Gasteiger partial charge in [-0.3, -0.25) is 4.90 Å². The summed E-state index contributed by atoms with van der Waals surface area (Å²) in [5.74, 6) is 0.538. The van der Waals surface area contributed by atoms with Gasteiger partial charge in [0.15, 0.2) is 0 Å². The molecule has 104 valence electrons. The molecule has 3 heteroatoms. The van der Waals surface area contributed by atoms with Gasteiger partial charge in [0.25, 0.3) is 0 Å². The molecule has 0 aromatic heterocycles. The Kier molecular flexibility index (Phi) is 3.59. The van der Waals surface area contributed by atoms with Crippen LogP contribution in [0.25, 0.3) is 0 Å². The molecule has 0 bridgehead atoms. The van der Waals surface area contributed by atoms with Crippen molar-refractivity contribution in [2.45, 2.75) is 38.3 Å². The fourth-order valence-corrected chi connectivity index (χ4v) is 3.43. The highest BCUT2D eigenvalue weighted by Gasteiger charge is 2.42. The molecule has 0 radical (unpaired) electrons. The van der Waals surface area contributed by atoms with Crippen molar-refractivity contribution in [3.8, 4) is 0 Å². The molecular formula is C16H23FN2. The molecule has 1 aromatic rings. The largest absolute Gasteiger partial charge is 0.319 e. The van der Waals surface area contributed by atoms with E-state index in [0.717, 1.165) is 30.3 Å². The number of nitrogens with one attached hydrogen (secondary N) is 1. The number of likely N-dealkylation sites (tertiary alicyclic amines) is 1. The lowest BCUT2D eigenvalue weighted by Gasteiger charge is -2.29. The second-order valence-electron chi connectivity index (χ2n) is 6.03. The van der Waals surface area contributed by atoms with Crippen LogP contribution in [0.15, 0.2) is 18.2 Å². The van der Waals surface area contributed by atoms with Crippen molar-refractivity contribution < 1.29 is 4.39 Å². The van der Waals surface area contributed by atoms with E-state index in [4.69, 9.17) is 0 Å². The van der Waals surface area contributed by atoms with Gasteiger partial charge in [0.05, 0.1) is 0 Å². The Balaban J connectivity index is 1.89. The van der Waals surface area contributed by atoms with Gasteiger partial charge < -0.3 is 5.32 Å². The van der Waals surface area contributed by atoms with Crippen LogP contribution in [0.5, 0.6) is 0 Å². The molecule has 1 saturated carbocycles. The van der Waals surface area contributed by atoms with Crippen LogP contribution in [0.4, 0.5) is 4.39 Å². The van der Waals surface area contributed by atoms with Crippen LogP contribution in [0.1, 0.15) is 36.4 Å². The lowest BCUT2D eigenvalue weighted by atomic mass is 9.93. The van der Waals surface area contributed by atoms with Crippen LogP contribution in [0, 0.1) is 18.7 Å². The minimum atomic E-state index is -0.0663. The Morgan fingerprint density at radius 3 is 2.74 bits per heavy atom. The van der Waals surface area contributed by atoms with Gasteiger partial charge in [0.1, 0.15) is 5.82 Å². The number of halogens is 1. The molecule has 1 heterocycles. The predicted octanol–water partition coefficient (Wildman–Crippen LogP) is 2.88. The SMILES string of the molecule is CNCC1CCN(C2CC2)C1c1ccc(C)c(F)c1. The highest BCUT2D eigenvalue weighted by molar-refractivity contribution is 5.27. The van der Waals surface area contributed by atoms with Crippen LogP contribution < -0.4 is 5.32 Å². The fourth-order valence-electron chi connectivity index (χ4n) is 3.43. The highest BCUT2D eigenvalue weighted by atomic mass is 19.1. The Labute approximate surface area is 115 Å². The first-order valence-electron chi connectivity index (χ1n) is 7.37. The maximum atomic E-state index is 13.9. The topological polar surface area (TPSA) is 15.3 Å². The molecule has 0 amide bonds. The summed E-state index contributed by atoms with van der Waals surface area (Å²) in [4.78, 5) is 2.60. The maximum Gasteiger partial charge on any atom is 0.126 e. The van der Waals surface area contributed by atoms with Crippen molar-refractivity contribution in [3.05, 3.63) is 35.1 Å². The average molecular weight is 262 g/mol. The van der Waals surface area contributed by atoms with Crippen LogP contribution in [-0.2, 0) is 0 Å². The summed E-state index contributed by atoms with van der Waals surface area (Å²) in [5.41, 5.74) is 1.90. The minimum absolute atomic E-state index is 0.0663. The minimum Gasteiger partial charge on any atom is -0.319 e. The van der Waals surface area contributed by atoms with Crippen molar-refractivity contribution in [2.24, 2.45) is 5.92 Å². The van der Waals surface area contributed by atoms with E-state index < -0.39 is 0 Å². The van der Waals surface area contributed by atoms with E-state index in [2.05, 4.69) is 16.3 Å². The van der Waals surface area contributed by atoms with E-state index >= 15 is 0 Å². The molecule has 1 aliphatic carbocycles. The van der Waals surface area contributed by atoms with Crippen LogP contribution in [0.2, 0.25) is 0 Å². The molecular weight excluding hydrogens is 239 g/mol. The van der Waals surface area contributed by atoms with Crippen LogP contribution in [-0.4, -0.2) is 31.1 Å². The second-order valence-corrected chi connectivity index (χ2v) is 6.03. The van der Waals surface area contributed by atoms with E-state index in [1.165, 1.54) is 19.3 Å². The predicted molar refractivity (Wildman–Crippen MR) is 75.6 cm³/mol. The third-order valence-corrected chi connectivity index (χ3v) is 4.58. The van der Waals surface area contributed by atoms with Gasteiger partial charge in [-0.2, -0.15) is 0 Å². The van der Waals surface area contributed by atoms with Crippen molar-refractivity contribution in [2.75, 3.05) is 20.1 Å². The van der Waals surface area contributed by atoms with Crippen LogP contribution >= 0.6 is 0 Å². The Bertz CT molecular complexity index is 456. The summed E-state index contributed by atoms with van der Waals surface area (Å²) in [6.07, 6.45) is 3.85. The van der Waals surface area contributed by atoms with Crippen LogP contribution in [0.3, 0.4) is 0 Å². The molecule has 2 atom stereocenters. The van der Waals surface area contributed by atoms with E-state index in [9.17, 15) is 4.39 Å². The van der Waals surface area contributed by atoms with Crippen molar-refractivity contribution in [3.63, 3.8) is 0 Å². The molecule has 2 unspecified atom stereocenters. The Hall–Kier alpha value is -0.930. The Morgan fingerprint density at radius 2 is 2.11 bits per heavy atom. The van der Waals surface area contributed by atoms with Crippen molar-refractivity contribution in [1.29, 1.82) is 0 Å². The molecule has 1 aliphatic heterocycles. The molecule has 2 nitrogen and oxygen atoms in total. The molecule has 1 aromatic carbocycles. The quantitative estimate of drug-likeness (QED) is 0.897. The van der Waals surface area contributed by atoms with Gasteiger partial charge in [-0.1, -0.05) is 12.1 Å². The number of rotatable bonds is 4. The van der Waals surface area contributed by atoms with E-state index in [0.29, 0.717) is 12.0 Å². The standard InChI is InChI=1S/C16H23FN2/c1-11-3-4-12(9-15(11)17)16-13(10-18-2)7-8-19(16)14-5-6-14/h3-4,9,13-14,16,18H,5-8,10H2,1-2H3. The first-order chi connectivity index (χ1) is 9.20. The zero-order chi connectivity index (χ0) is 13.4. The smallest absolute Gasteiger partial charge is 0.126 e. The summed E-state index contributed by atoms with van der Waals surface area (Å²) in [6.45, 7) is 4.01. The van der Waals surface area contributed by atoms with Crippen molar-refractivity contribution in [1.82, 2.24) is 10.2 Å². The van der Waals surface area contributed by atoms with E-state index in [1.807, 2.05) is 20.0 Å².